The van der Waals surface area contributed by atoms with Gasteiger partial charge in [-0.3, -0.25) is 13.8 Å². The van der Waals surface area contributed by atoms with Crippen LogP contribution in [0.25, 0.3) is 0 Å². The van der Waals surface area contributed by atoms with E-state index < -0.39 is 20.0 Å². The summed E-state index contributed by atoms with van der Waals surface area (Å²) in [5.41, 5.74) is 0. The summed E-state index contributed by atoms with van der Waals surface area (Å²) in [6.07, 6.45) is 48.5. The number of unbranched alkanes of at least 4 members (excludes halogenated alkanes) is 18. The second-order valence-electron chi connectivity index (χ2n) is 16.0. The Labute approximate surface area is 339 Å². The summed E-state index contributed by atoms with van der Waals surface area (Å²) in [4.78, 5) is 23.1. The fraction of sp³-hybridized carbons (Fsp3) is 0.761. The van der Waals surface area contributed by atoms with E-state index >= 15 is 0 Å². The number of aliphatic hydroxyl groups is 1. The molecule has 0 bridgehead atoms. The summed E-state index contributed by atoms with van der Waals surface area (Å²) in [5, 5.41) is 13.8. The number of amides is 1. The van der Waals surface area contributed by atoms with Crippen LogP contribution in [0, 0.1) is 0 Å². The van der Waals surface area contributed by atoms with Gasteiger partial charge >= 0.3 is 7.82 Å². The van der Waals surface area contributed by atoms with Crippen LogP contribution in [-0.4, -0.2) is 73.4 Å². The van der Waals surface area contributed by atoms with Gasteiger partial charge in [-0.1, -0.05) is 171 Å². The van der Waals surface area contributed by atoms with Crippen LogP contribution >= 0.6 is 7.82 Å². The van der Waals surface area contributed by atoms with Crippen molar-refractivity contribution in [1.82, 2.24) is 5.32 Å². The molecule has 0 saturated carbocycles. The van der Waals surface area contributed by atoms with E-state index in [2.05, 4.69) is 67.8 Å². The molecule has 8 nitrogen and oxygen atoms in total. The first-order valence-corrected chi connectivity index (χ1v) is 23.7. The Morgan fingerprint density at radius 2 is 1.09 bits per heavy atom. The lowest BCUT2D eigenvalue weighted by Gasteiger charge is -2.25. The molecule has 3 N–H and O–H groups in total. The van der Waals surface area contributed by atoms with E-state index in [1.54, 1.807) is 6.08 Å². The molecule has 320 valence electrons. The van der Waals surface area contributed by atoms with Gasteiger partial charge in [-0.05, 0) is 57.8 Å². The maximum absolute atomic E-state index is 12.9. The van der Waals surface area contributed by atoms with E-state index in [0.717, 1.165) is 77.0 Å². The molecule has 0 saturated heterocycles. The first-order valence-electron chi connectivity index (χ1n) is 22.2. The quantitative estimate of drug-likeness (QED) is 0.0248. The summed E-state index contributed by atoms with van der Waals surface area (Å²) >= 11 is 0. The summed E-state index contributed by atoms with van der Waals surface area (Å²) in [5.74, 6) is -0.203. The van der Waals surface area contributed by atoms with Crippen LogP contribution in [0.3, 0.4) is 0 Å². The molecular formula is C46H86N2O6P+. The Bertz CT molecular complexity index is 1080. The number of phosphoric ester groups is 1. The van der Waals surface area contributed by atoms with Crippen molar-refractivity contribution in [1.29, 1.82) is 0 Å². The normalized spacial score (nSPS) is 15.0. The molecule has 3 atom stereocenters. The van der Waals surface area contributed by atoms with Gasteiger partial charge in [0.1, 0.15) is 13.2 Å². The van der Waals surface area contributed by atoms with Gasteiger partial charge in [0.2, 0.25) is 5.91 Å². The van der Waals surface area contributed by atoms with Gasteiger partial charge in [0, 0.05) is 6.42 Å². The van der Waals surface area contributed by atoms with E-state index in [1.807, 2.05) is 27.2 Å². The molecule has 0 fully saturated rings. The molecule has 0 aliphatic carbocycles. The zero-order chi connectivity index (χ0) is 40.7. The lowest BCUT2D eigenvalue weighted by atomic mass is 10.0. The maximum Gasteiger partial charge on any atom is 0.472 e. The zero-order valence-corrected chi connectivity index (χ0v) is 37.0. The molecule has 0 aromatic carbocycles. The van der Waals surface area contributed by atoms with Crippen molar-refractivity contribution in [3.63, 3.8) is 0 Å². The molecule has 0 heterocycles. The Balaban J connectivity index is 4.50. The van der Waals surface area contributed by atoms with Crippen LogP contribution in [0.5, 0.6) is 0 Å². The van der Waals surface area contributed by atoms with Crippen LogP contribution in [0.15, 0.2) is 60.8 Å². The molecule has 0 spiro atoms. The van der Waals surface area contributed by atoms with Crippen LogP contribution < -0.4 is 5.32 Å². The largest absolute Gasteiger partial charge is 0.472 e. The molecule has 55 heavy (non-hydrogen) atoms. The van der Waals surface area contributed by atoms with Gasteiger partial charge in [0.25, 0.3) is 0 Å². The first kappa shape index (κ1) is 53.2. The highest BCUT2D eigenvalue weighted by Crippen LogP contribution is 2.43. The molecule has 0 radical (unpaired) electrons. The van der Waals surface area contributed by atoms with Crippen molar-refractivity contribution in [2.24, 2.45) is 0 Å². The highest BCUT2D eigenvalue weighted by atomic mass is 31.2. The van der Waals surface area contributed by atoms with E-state index in [1.165, 1.54) is 77.0 Å². The van der Waals surface area contributed by atoms with E-state index in [9.17, 15) is 19.4 Å². The minimum atomic E-state index is -4.35. The van der Waals surface area contributed by atoms with Crippen molar-refractivity contribution >= 4 is 13.7 Å². The van der Waals surface area contributed by atoms with Crippen LogP contribution in [0.4, 0.5) is 0 Å². The minimum Gasteiger partial charge on any atom is -0.387 e. The number of nitrogens with zero attached hydrogens (tertiary/aromatic N) is 1. The average molecular weight is 794 g/mol. The van der Waals surface area contributed by atoms with Crippen molar-refractivity contribution in [3.05, 3.63) is 60.8 Å². The third-order valence-corrected chi connectivity index (χ3v) is 10.5. The topological polar surface area (TPSA) is 105 Å². The number of likely N-dealkylation sites (N-methyl/N-ethyl adjacent to an activating group) is 1. The third kappa shape index (κ3) is 40.2. The SMILES string of the molecule is CC/C=C\C/C=C\C/C=C\C/C=C\CCCCCCC(=O)NC(COP(=O)(O)OCC[N+](C)(C)C)C(O)/C=C/CCCCCCCCCCCCCCCC. The number of hydrogen-bond acceptors (Lipinski definition) is 5. The number of aliphatic hydroxyl groups excluding tert-OH is 1. The van der Waals surface area contributed by atoms with Crippen molar-refractivity contribution in [3.8, 4) is 0 Å². The van der Waals surface area contributed by atoms with Gasteiger partial charge in [-0.25, -0.2) is 4.57 Å². The highest BCUT2D eigenvalue weighted by Gasteiger charge is 2.27. The van der Waals surface area contributed by atoms with Crippen molar-refractivity contribution in [2.75, 3.05) is 40.9 Å². The van der Waals surface area contributed by atoms with Gasteiger partial charge in [-0.2, -0.15) is 0 Å². The standard InChI is InChI=1S/C46H85N2O6P/c1-6-8-10-12-14-16-18-20-22-24-26-28-30-32-34-36-38-40-46(50)47-44(43-54-55(51,52)53-42-41-48(3,4)5)45(49)39-37-35-33-31-29-27-25-23-21-19-17-15-13-11-9-7-2/h8,10,14,16,20,22,26,28,37,39,44-45,49H,6-7,9,11-13,15,17-19,21,23-25,27,29-36,38,40-43H2,1-5H3,(H-,47,50,51,52)/p+1/b10-8-,16-14-,22-20-,28-26-,39-37+. The second kappa shape index (κ2) is 37.8. The number of allylic oxidation sites excluding steroid dienone is 9. The average Bonchev–Trinajstić information content (AvgIpc) is 3.13. The van der Waals surface area contributed by atoms with Gasteiger partial charge < -0.3 is 19.8 Å². The molecule has 0 aromatic heterocycles. The summed E-state index contributed by atoms with van der Waals surface area (Å²) in [7, 11) is 1.54. The lowest BCUT2D eigenvalue weighted by molar-refractivity contribution is -0.870. The van der Waals surface area contributed by atoms with Crippen LogP contribution in [0.1, 0.15) is 174 Å². The smallest absolute Gasteiger partial charge is 0.387 e. The number of quaternary nitrogens is 1. The Morgan fingerprint density at radius 3 is 1.60 bits per heavy atom. The molecule has 0 rings (SSSR count). The molecule has 0 aromatic rings. The molecule has 1 amide bonds. The molecule has 9 heteroatoms. The first-order chi connectivity index (χ1) is 26.5. The van der Waals surface area contributed by atoms with E-state index in [0.29, 0.717) is 17.4 Å². The van der Waals surface area contributed by atoms with Crippen molar-refractivity contribution in [2.45, 2.75) is 187 Å². The Kier molecular flexibility index (Phi) is 36.5. The summed E-state index contributed by atoms with van der Waals surface area (Å²) in [6.45, 7) is 4.67. The van der Waals surface area contributed by atoms with Gasteiger partial charge in [0.15, 0.2) is 0 Å². The van der Waals surface area contributed by atoms with Gasteiger partial charge in [0.05, 0.1) is 39.9 Å². The monoisotopic (exact) mass is 794 g/mol. The van der Waals surface area contributed by atoms with Crippen molar-refractivity contribution < 1.29 is 32.9 Å². The zero-order valence-electron chi connectivity index (χ0n) is 36.1. The summed E-state index contributed by atoms with van der Waals surface area (Å²) in [6, 6.07) is -0.860. The molecular weight excluding hydrogens is 707 g/mol. The highest BCUT2D eigenvalue weighted by molar-refractivity contribution is 7.47. The predicted molar refractivity (Wildman–Crippen MR) is 235 cm³/mol. The number of nitrogens with one attached hydrogen (secondary N) is 1. The summed E-state index contributed by atoms with van der Waals surface area (Å²) < 4.78 is 23.5. The fourth-order valence-electron chi connectivity index (χ4n) is 5.97. The molecule has 0 aliphatic rings. The maximum atomic E-state index is 12.9. The predicted octanol–water partition coefficient (Wildman–Crippen LogP) is 12.2. The van der Waals surface area contributed by atoms with E-state index in [4.69, 9.17) is 9.05 Å². The molecule has 0 aliphatic heterocycles. The second-order valence-corrected chi connectivity index (χ2v) is 17.5. The van der Waals surface area contributed by atoms with E-state index in [-0.39, 0.29) is 19.1 Å². The number of phosphoric acid groups is 1. The van der Waals surface area contributed by atoms with Crippen LogP contribution in [-0.2, 0) is 18.4 Å². The number of carbonyl (C=O) groups excluding carboxylic acids is 1. The lowest BCUT2D eigenvalue weighted by Crippen LogP contribution is -2.45. The minimum absolute atomic E-state index is 0.0538. The third-order valence-electron chi connectivity index (χ3n) is 9.49. The fourth-order valence-corrected chi connectivity index (χ4v) is 6.71. The Morgan fingerprint density at radius 1 is 0.636 bits per heavy atom. The number of hydrogen-bond donors (Lipinski definition) is 3. The number of carbonyl (C=O) groups is 1. The Hall–Kier alpha value is -1.80. The van der Waals surface area contributed by atoms with Crippen LogP contribution in [0.2, 0.25) is 0 Å². The number of rotatable bonds is 39. The molecule has 3 unspecified atom stereocenters. The van der Waals surface area contributed by atoms with Gasteiger partial charge in [-0.15, -0.1) is 0 Å².